The van der Waals surface area contributed by atoms with Gasteiger partial charge in [0.15, 0.2) is 5.88 Å². The molecular weight excluding hydrogens is 506 g/mol. The van der Waals surface area contributed by atoms with Crippen LogP contribution in [0.5, 0.6) is 5.88 Å². The molecule has 0 spiro atoms. The van der Waals surface area contributed by atoms with Crippen molar-refractivity contribution in [1.82, 2.24) is 14.9 Å². The third-order valence-electron chi connectivity index (χ3n) is 8.17. The highest BCUT2D eigenvalue weighted by atomic mass is 16.5. The van der Waals surface area contributed by atoms with Crippen LogP contribution in [0.15, 0.2) is 42.5 Å². The zero-order valence-electron chi connectivity index (χ0n) is 23.5. The fourth-order valence-electron chi connectivity index (χ4n) is 5.82. The number of benzene rings is 2. The van der Waals surface area contributed by atoms with Crippen molar-refractivity contribution in [1.29, 1.82) is 0 Å². The molecule has 1 fully saturated rings. The second kappa shape index (κ2) is 12.1. The van der Waals surface area contributed by atoms with Crippen molar-refractivity contribution in [3.8, 4) is 17.1 Å². The van der Waals surface area contributed by atoms with E-state index in [1.165, 1.54) is 19.8 Å². The SMILES string of the molecule is COC(=O)CCC1CCN(CCCc2ccc3nc(-c4c(O)[nH]c5cc(C(=O)OC)c(C)cc45)ccc3c2)CC1. The van der Waals surface area contributed by atoms with Crippen LogP contribution in [0.4, 0.5) is 0 Å². The minimum Gasteiger partial charge on any atom is -0.494 e. The number of aryl methyl sites for hydroxylation is 2. The number of hydrogen-bond donors (Lipinski definition) is 2. The number of fused-ring (bicyclic) bond motifs is 2. The number of aromatic nitrogens is 2. The highest BCUT2D eigenvalue weighted by Gasteiger charge is 2.21. The average molecular weight is 544 g/mol. The first-order valence-electron chi connectivity index (χ1n) is 14.0. The molecule has 1 aliphatic heterocycles. The summed E-state index contributed by atoms with van der Waals surface area (Å²) in [5.74, 6) is 0.130. The van der Waals surface area contributed by atoms with Gasteiger partial charge in [-0.1, -0.05) is 12.1 Å². The molecule has 4 aromatic rings. The Morgan fingerprint density at radius 1 is 1.07 bits per heavy atom. The second-order valence-electron chi connectivity index (χ2n) is 10.8. The maximum Gasteiger partial charge on any atom is 0.338 e. The van der Waals surface area contributed by atoms with Gasteiger partial charge in [0.25, 0.3) is 0 Å². The first kappa shape index (κ1) is 27.6. The Balaban J connectivity index is 1.22. The van der Waals surface area contributed by atoms with Gasteiger partial charge in [0, 0.05) is 22.7 Å². The predicted molar refractivity (Wildman–Crippen MR) is 156 cm³/mol. The number of rotatable bonds is 9. The molecular formula is C32H37N3O5. The van der Waals surface area contributed by atoms with Crippen molar-refractivity contribution in [2.24, 2.45) is 5.92 Å². The van der Waals surface area contributed by atoms with Gasteiger partial charge in [-0.25, -0.2) is 9.78 Å². The van der Waals surface area contributed by atoms with Crippen LogP contribution in [0, 0.1) is 12.8 Å². The van der Waals surface area contributed by atoms with E-state index in [1.54, 1.807) is 6.07 Å². The highest BCUT2D eigenvalue weighted by Crippen LogP contribution is 2.37. The fraction of sp³-hybridized carbons (Fsp3) is 0.406. The van der Waals surface area contributed by atoms with Crippen molar-refractivity contribution in [2.45, 2.75) is 45.4 Å². The number of esters is 2. The van der Waals surface area contributed by atoms with Crippen molar-refractivity contribution >= 4 is 33.7 Å². The normalized spacial score (nSPS) is 14.6. The number of nitrogens with zero attached hydrogens (tertiary/aromatic N) is 2. The number of aromatic hydroxyl groups is 1. The van der Waals surface area contributed by atoms with Gasteiger partial charge in [0.05, 0.1) is 36.6 Å². The highest BCUT2D eigenvalue weighted by molar-refractivity contribution is 6.03. The van der Waals surface area contributed by atoms with Crippen LogP contribution in [0.1, 0.15) is 53.6 Å². The minimum absolute atomic E-state index is 0.0207. The molecule has 40 heavy (non-hydrogen) atoms. The van der Waals surface area contributed by atoms with E-state index in [0.29, 0.717) is 34.7 Å². The Morgan fingerprint density at radius 2 is 1.88 bits per heavy atom. The number of ether oxygens (including phenoxy) is 2. The van der Waals surface area contributed by atoms with E-state index in [-0.39, 0.29) is 11.8 Å². The van der Waals surface area contributed by atoms with E-state index in [0.717, 1.165) is 73.6 Å². The summed E-state index contributed by atoms with van der Waals surface area (Å²) >= 11 is 0. The standard InChI is InChI=1S/C32H37N3O5/c1-20-17-25-28(19-24(20)32(38)40-3)34-31(37)30(25)27-10-8-23-18-22(6-9-26(23)33-27)5-4-14-35-15-12-21(13-16-35)7-11-29(36)39-2/h6,8-10,17-19,21,34,37H,4-5,7,11-16H2,1-3H3. The van der Waals surface area contributed by atoms with E-state index >= 15 is 0 Å². The maximum absolute atomic E-state index is 12.1. The molecule has 0 saturated carbocycles. The van der Waals surface area contributed by atoms with Crippen LogP contribution in [-0.2, 0) is 20.7 Å². The molecule has 1 aliphatic rings. The molecule has 1 saturated heterocycles. The number of carbonyl (C=O) groups excluding carboxylic acids is 2. The number of piperidine rings is 1. The van der Waals surface area contributed by atoms with Crippen LogP contribution in [0.25, 0.3) is 33.1 Å². The Hall–Kier alpha value is -3.91. The molecule has 210 valence electrons. The van der Waals surface area contributed by atoms with Crippen LogP contribution in [0.2, 0.25) is 0 Å². The topological polar surface area (TPSA) is 105 Å². The molecule has 8 heteroatoms. The molecule has 5 rings (SSSR count). The van der Waals surface area contributed by atoms with Crippen molar-refractivity contribution in [3.05, 3.63) is 59.2 Å². The summed E-state index contributed by atoms with van der Waals surface area (Å²) in [6.07, 6.45) is 5.87. The van der Waals surface area contributed by atoms with Crippen LogP contribution in [0.3, 0.4) is 0 Å². The lowest BCUT2D eigenvalue weighted by Crippen LogP contribution is -2.34. The third kappa shape index (κ3) is 5.97. The van der Waals surface area contributed by atoms with Crippen molar-refractivity contribution in [3.63, 3.8) is 0 Å². The Bertz CT molecular complexity index is 1530. The van der Waals surface area contributed by atoms with Gasteiger partial charge in [0.2, 0.25) is 0 Å². The number of nitrogens with one attached hydrogen (secondary N) is 1. The summed E-state index contributed by atoms with van der Waals surface area (Å²) in [6.45, 7) is 5.13. The number of likely N-dealkylation sites (tertiary alicyclic amines) is 1. The molecule has 2 N–H and O–H groups in total. The molecule has 0 aliphatic carbocycles. The molecule has 2 aromatic heterocycles. The smallest absolute Gasteiger partial charge is 0.338 e. The quantitative estimate of drug-likeness (QED) is 0.258. The van der Waals surface area contributed by atoms with E-state index in [1.807, 2.05) is 31.2 Å². The van der Waals surface area contributed by atoms with Gasteiger partial charge < -0.3 is 24.5 Å². The summed E-state index contributed by atoms with van der Waals surface area (Å²) in [7, 11) is 2.81. The molecule has 3 heterocycles. The molecule has 0 unspecified atom stereocenters. The maximum atomic E-state index is 12.1. The second-order valence-corrected chi connectivity index (χ2v) is 10.8. The number of aromatic amines is 1. The molecule has 8 nitrogen and oxygen atoms in total. The first-order chi connectivity index (χ1) is 19.4. The van der Waals surface area contributed by atoms with Gasteiger partial charge in [-0.2, -0.15) is 0 Å². The lowest BCUT2D eigenvalue weighted by Gasteiger charge is -2.31. The van der Waals surface area contributed by atoms with E-state index < -0.39 is 5.97 Å². The molecule has 0 amide bonds. The molecule has 0 bridgehead atoms. The lowest BCUT2D eigenvalue weighted by atomic mass is 9.92. The molecule has 2 aromatic carbocycles. The number of hydrogen-bond acceptors (Lipinski definition) is 7. The predicted octanol–water partition coefficient (Wildman–Crippen LogP) is 5.78. The fourth-order valence-corrected chi connectivity index (χ4v) is 5.82. The summed E-state index contributed by atoms with van der Waals surface area (Å²) in [5.41, 5.74) is 5.33. The van der Waals surface area contributed by atoms with Crippen LogP contribution in [-0.4, -0.2) is 65.8 Å². The van der Waals surface area contributed by atoms with Gasteiger partial charge >= 0.3 is 11.9 Å². The number of carbonyl (C=O) groups is 2. The van der Waals surface area contributed by atoms with Gasteiger partial charge in [0.1, 0.15) is 0 Å². The Kier molecular flexibility index (Phi) is 8.35. The van der Waals surface area contributed by atoms with E-state index in [2.05, 4.69) is 22.0 Å². The Morgan fingerprint density at radius 3 is 2.62 bits per heavy atom. The number of pyridine rings is 1. The third-order valence-corrected chi connectivity index (χ3v) is 8.17. The lowest BCUT2D eigenvalue weighted by molar-refractivity contribution is -0.141. The molecule has 0 radical (unpaired) electrons. The van der Waals surface area contributed by atoms with E-state index in [9.17, 15) is 14.7 Å². The summed E-state index contributed by atoms with van der Waals surface area (Å²) in [6, 6.07) is 14.0. The minimum atomic E-state index is -0.410. The van der Waals surface area contributed by atoms with Gasteiger partial charge in [-0.3, -0.25) is 4.79 Å². The van der Waals surface area contributed by atoms with Crippen molar-refractivity contribution in [2.75, 3.05) is 33.9 Å². The number of methoxy groups -OCH3 is 2. The molecule has 0 atom stereocenters. The Labute approximate surface area is 234 Å². The van der Waals surface area contributed by atoms with Gasteiger partial charge in [-0.15, -0.1) is 0 Å². The van der Waals surface area contributed by atoms with Crippen LogP contribution < -0.4 is 0 Å². The zero-order valence-corrected chi connectivity index (χ0v) is 23.5. The largest absolute Gasteiger partial charge is 0.494 e. The number of H-pyrrole nitrogens is 1. The van der Waals surface area contributed by atoms with Gasteiger partial charge in [-0.05, 0) is 106 Å². The summed E-state index contributed by atoms with van der Waals surface area (Å²) in [5, 5.41) is 12.6. The summed E-state index contributed by atoms with van der Waals surface area (Å²) in [4.78, 5) is 33.9. The van der Waals surface area contributed by atoms with Crippen molar-refractivity contribution < 1.29 is 24.2 Å². The zero-order chi connectivity index (χ0) is 28.2. The van der Waals surface area contributed by atoms with E-state index in [4.69, 9.17) is 14.5 Å². The first-order valence-corrected chi connectivity index (χ1v) is 14.0. The monoisotopic (exact) mass is 543 g/mol. The average Bonchev–Trinajstić information content (AvgIpc) is 3.29. The van der Waals surface area contributed by atoms with Crippen LogP contribution >= 0.6 is 0 Å². The summed E-state index contributed by atoms with van der Waals surface area (Å²) < 4.78 is 9.65.